The molecule has 0 heterocycles. The van der Waals surface area contributed by atoms with Crippen LogP contribution in [-0.4, -0.2) is 10.9 Å². The van der Waals surface area contributed by atoms with Crippen molar-refractivity contribution in [1.29, 1.82) is 0 Å². The van der Waals surface area contributed by atoms with Crippen molar-refractivity contribution in [3.05, 3.63) is 35.9 Å². The van der Waals surface area contributed by atoms with Crippen LogP contribution in [0.25, 0.3) is 0 Å². The van der Waals surface area contributed by atoms with Gasteiger partial charge in [0.05, 0.1) is 6.10 Å². The highest BCUT2D eigenvalue weighted by atomic mass is 16.3. The number of carbonyl (C=O) groups is 1. The van der Waals surface area contributed by atoms with Crippen LogP contribution in [0.2, 0.25) is 0 Å². The van der Waals surface area contributed by atoms with Crippen molar-refractivity contribution in [2.24, 2.45) is 5.92 Å². The third kappa shape index (κ3) is 4.26. The van der Waals surface area contributed by atoms with E-state index >= 15 is 0 Å². The second-order valence-electron chi connectivity index (χ2n) is 4.79. The number of rotatable bonds is 8. The molecule has 0 amide bonds. The van der Waals surface area contributed by atoms with Crippen LogP contribution in [0, 0.1) is 5.92 Å². The maximum Gasteiger partial charge on any atom is 0.138 e. The Morgan fingerprint density at radius 2 is 1.83 bits per heavy atom. The molecule has 2 nitrogen and oxygen atoms in total. The fraction of sp³-hybridized carbons (Fsp3) is 0.562. The summed E-state index contributed by atoms with van der Waals surface area (Å²) >= 11 is 0. The SMILES string of the molecule is CCCCCC(=O)C(CC)C(O)c1ccccc1. The summed E-state index contributed by atoms with van der Waals surface area (Å²) in [5.41, 5.74) is 0.841. The average molecular weight is 248 g/mol. The van der Waals surface area contributed by atoms with Gasteiger partial charge in [0, 0.05) is 12.3 Å². The summed E-state index contributed by atoms with van der Waals surface area (Å²) in [6, 6.07) is 9.47. The zero-order valence-electron chi connectivity index (χ0n) is 11.4. The van der Waals surface area contributed by atoms with E-state index in [0.717, 1.165) is 24.8 Å². The Labute approximate surface area is 110 Å². The molecule has 1 aromatic carbocycles. The first-order chi connectivity index (χ1) is 8.70. The van der Waals surface area contributed by atoms with Gasteiger partial charge in [-0.2, -0.15) is 0 Å². The molecule has 0 aliphatic heterocycles. The molecular weight excluding hydrogens is 224 g/mol. The van der Waals surface area contributed by atoms with Crippen molar-refractivity contribution in [1.82, 2.24) is 0 Å². The molecule has 0 saturated carbocycles. The summed E-state index contributed by atoms with van der Waals surface area (Å²) < 4.78 is 0. The molecule has 0 fully saturated rings. The molecule has 0 saturated heterocycles. The Morgan fingerprint density at radius 3 is 2.39 bits per heavy atom. The first-order valence-corrected chi connectivity index (χ1v) is 6.96. The predicted octanol–water partition coefficient (Wildman–Crippen LogP) is 3.90. The van der Waals surface area contributed by atoms with Crippen LogP contribution in [0.1, 0.15) is 57.6 Å². The minimum Gasteiger partial charge on any atom is -0.388 e. The normalized spacial score (nSPS) is 14.2. The van der Waals surface area contributed by atoms with Crippen LogP contribution in [0.4, 0.5) is 0 Å². The zero-order chi connectivity index (χ0) is 13.4. The number of ketones is 1. The molecule has 18 heavy (non-hydrogen) atoms. The summed E-state index contributed by atoms with van der Waals surface area (Å²) in [4.78, 5) is 12.1. The van der Waals surface area contributed by atoms with Gasteiger partial charge in [-0.15, -0.1) is 0 Å². The summed E-state index contributed by atoms with van der Waals surface area (Å²) in [6.45, 7) is 4.09. The molecule has 0 aliphatic rings. The van der Waals surface area contributed by atoms with Crippen molar-refractivity contribution >= 4 is 5.78 Å². The molecule has 2 heteroatoms. The number of unbranched alkanes of at least 4 members (excludes halogenated alkanes) is 2. The van der Waals surface area contributed by atoms with Crippen LogP contribution in [-0.2, 0) is 4.79 Å². The molecule has 1 rings (SSSR count). The van der Waals surface area contributed by atoms with Gasteiger partial charge in [0.2, 0.25) is 0 Å². The van der Waals surface area contributed by atoms with Crippen LogP contribution in [0.3, 0.4) is 0 Å². The summed E-state index contributed by atoms with van der Waals surface area (Å²) in [7, 11) is 0. The van der Waals surface area contributed by atoms with Gasteiger partial charge in [0.1, 0.15) is 5.78 Å². The van der Waals surface area contributed by atoms with Gasteiger partial charge in [-0.05, 0) is 18.4 Å². The highest BCUT2D eigenvalue weighted by Crippen LogP contribution is 2.26. The van der Waals surface area contributed by atoms with Crippen molar-refractivity contribution in [2.75, 3.05) is 0 Å². The standard InChI is InChI=1S/C16H24O2/c1-3-5-7-12-15(17)14(4-2)16(18)13-10-8-6-9-11-13/h6,8-11,14,16,18H,3-5,7,12H2,1-2H3. The fourth-order valence-corrected chi connectivity index (χ4v) is 2.24. The van der Waals surface area contributed by atoms with Crippen molar-refractivity contribution in [2.45, 2.75) is 52.1 Å². The van der Waals surface area contributed by atoms with E-state index in [-0.39, 0.29) is 11.7 Å². The van der Waals surface area contributed by atoms with Crippen LogP contribution >= 0.6 is 0 Å². The maximum atomic E-state index is 12.1. The quantitative estimate of drug-likeness (QED) is 0.708. The lowest BCUT2D eigenvalue weighted by atomic mass is 9.87. The molecule has 0 aromatic heterocycles. The molecule has 0 radical (unpaired) electrons. The van der Waals surface area contributed by atoms with Gasteiger partial charge in [0.15, 0.2) is 0 Å². The summed E-state index contributed by atoms with van der Waals surface area (Å²) in [5.74, 6) is -0.0634. The van der Waals surface area contributed by atoms with Gasteiger partial charge >= 0.3 is 0 Å². The number of Topliss-reactive ketones (excluding diaryl/α,β-unsaturated/α-hetero) is 1. The van der Waals surface area contributed by atoms with Crippen LogP contribution in [0.15, 0.2) is 30.3 Å². The molecule has 1 aromatic rings. The number of benzene rings is 1. The van der Waals surface area contributed by atoms with E-state index in [9.17, 15) is 9.90 Å². The number of aliphatic hydroxyl groups excluding tert-OH is 1. The van der Waals surface area contributed by atoms with Gasteiger partial charge < -0.3 is 5.11 Å². The molecule has 1 N–H and O–H groups in total. The first-order valence-electron chi connectivity index (χ1n) is 6.96. The minimum absolute atomic E-state index is 0.197. The average Bonchev–Trinajstić information content (AvgIpc) is 2.41. The highest BCUT2D eigenvalue weighted by molar-refractivity contribution is 5.81. The van der Waals surface area contributed by atoms with E-state index < -0.39 is 6.10 Å². The monoisotopic (exact) mass is 248 g/mol. The lowest BCUT2D eigenvalue weighted by molar-refractivity contribution is -0.126. The van der Waals surface area contributed by atoms with E-state index in [4.69, 9.17) is 0 Å². The first kappa shape index (κ1) is 14.9. The molecule has 0 bridgehead atoms. The minimum atomic E-state index is -0.662. The molecule has 2 atom stereocenters. The highest BCUT2D eigenvalue weighted by Gasteiger charge is 2.25. The van der Waals surface area contributed by atoms with Crippen molar-refractivity contribution < 1.29 is 9.90 Å². The smallest absolute Gasteiger partial charge is 0.138 e. The Morgan fingerprint density at radius 1 is 1.17 bits per heavy atom. The van der Waals surface area contributed by atoms with Crippen molar-refractivity contribution in [3.8, 4) is 0 Å². The van der Waals surface area contributed by atoms with E-state index in [1.165, 1.54) is 0 Å². The van der Waals surface area contributed by atoms with Gasteiger partial charge in [0.25, 0.3) is 0 Å². The third-order valence-corrected chi connectivity index (χ3v) is 3.40. The largest absolute Gasteiger partial charge is 0.388 e. The lowest BCUT2D eigenvalue weighted by Gasteiger charge is -2.20. The third-order valence-electron chi connectivity index (χ3n) is 3.40. The molecular formula is C16H24O2. The molecule has 0 aliphatic carbocycles. The lowest BCUT2D eigenvalue weighted by Crippen LogP contribution is -2.21. The van der Waals surface area contributed by atoms with Crippen LogP contribution < -0.4 is 0 Å². The van der Waals surface area contributed by atoms with E-state index in [1.807, 2.05) is 37.3 Å². The second-order valence-corrected chi connectivity index (χ2v) is 4.79. The Balaban J connectivity index is 2.62. The number of hydrogen-bond acceptors (Lipinski definition) is 2. The number of aliphatic hydroxyl groups is 1. The molecule has 0 spiro atoms. The van der Waals surface area contributed by atoms with Gasteiger partial charge in [-0.25, -0.2) is 0 Å². The molecule has 100 valence electrons. The number of carbonyl (C=O) groups excluding carboxylic acids is 1. The van der Waals surface area contributed by atoms with E-state index in [1.54, 1.807) is 0 Å². The Hall–Kier alpha value is -1.15. The van der Waals surface area contributed by atoms with E-state index in [0.29, 0.717) is 12.8 Å². The van der Waals surface area contributed by atoms with E-state index in [2.05, 4.69) is 6.92 Å². The Kier molecular flexibility index (Phi) is 6.66. The maximum absolute atomic E-state index is 12.1. The second kappa shape index (κ2) is 8.04. The Bertz CT molecular complexity index is 345. The number of hydrogen-bond donors (Lipinski definition) is 1. The summed E-state index contributed by atoms with van der Waals surface area (Å²) in [6.07, 6.45) is 3.77. The van der Waals surface area contributed by atoms with Gasteiger partial charge in [-0.3, -0.25) is 4.79 Å². The molecule has 2 unspecified atom stereocenters. The fourth-order valence-electron chi connectivity index (χ4n) is 2.24. The summed E-state index contributed by atoms with van der Waals surface area (Å²) in [5, 5.41) is 10.3. The topological polar surface area (TPSA) is 37.3 Å². The van der Waals surface area contributed by atoms with Crippen LogP contribution in [0.5, 0.6) is 0 Å². The zero-order valence-corrected chi connectivity index (χ0v) is 11.4. The predicted molar refractivity (Wildman–Crippen MR) is 74.3 cm³/mol. The van der Waals surface area contributed by atoms with Gasteiger partial charge in [-0.1, -0.05) is 57.0 Å². The van der Waals surface area contributed by atoms with Crippen molar-refractivity contribution in [3.63, 3.8) is 0 Å².